The first kappa shape index (κ1) is 26.7. The van der Waals surface area contributed by atoms with E-state index in [-0.39, 0.29) is 13.2 Å². The van der Waals surface area contributed by atoms with Gasteiger partial charge in [0.15, 0.2) is 0 Å². The number of ether oxygens (including phenoxy) is 2. The average molecular weight is 563 g/mol. The number of carbonyl (C=O) groups excluding carboxylic acids is 3. The van der Waals surface area contributed by atoms with Crippen molar-refractivity contribution < 1.29 is 29.0 Å². The van der Waals surface area contributed by atoms with E-state index < -0.39 is 59.5 Å². The third-order valence-corrected chi connectivity index (χ3v) is 8.91. The van der Waals surface area contributed by atoms with Gasteiger partial charge in [-0.2, -0.15) is 0 Å². The van der Waals surface area contributed by atoms with E-state index in [1.165, 1.54) is 4.90 Å². The number of amides is 2. The Hall–Kier alpha value is -3.46. The van der Waals surface area contributed by atoms with Gasteiger partial charge in [0.1, 0.15) is 17.6 Å². The van der Waals surface area contributed by atoms with E-state index in [4.69, 9.17) is 21.1 Å². The lowest BCUT2D eigenvalue weighted by molar-refractivity contribution is -0.160. The number of fused-ring (bicyclic) bond motifs is 2. The number of halogens is 1. The lowest BCUT2D eigenvalue weighted by atomic mass is 9.74. The highest BCUT2D eigenvalue weighted by molar-refractivity contribution is 6.34. The normalized spacial score (nSPS) is 32.1. The van der Waals surface area contributed by atoms with Crippen LogP contribution < -0.4 is 4.90 Å². The molecule has 8 nitrogen and oxygen atoms in total. The topological polar surface area (TPSA) is 96.4 Å². The largest absolute Gasteiger partial charge is 0.465 e. The van der Waals surface area contributed by atoms with Crippen molar-refractivity contribution >= 4 is 35.1 Å². The Morgan fingerprint density at radius 1 is 1.02 bits per heavy atom. The molecule has 1 spiro atoms. The van der Waals surface area contributed by atoms with Crippen LogP contribution in [0.5, 0.6) is 0 Å². The molecule has 4 aliphatic heterocycles. The van der Waals surface area contributed by atoms with Crippen molar-refractivity contribution in [3.05, 3.63) is 89.0 Å². The van der Waals surface area contributed by atoms with Crippen LogP contribution in [0.15, 0.2) is 72.8 Å². The van der Waals surface area contributed by atoms with Gasteiger partial charge in [-0.3, -0.25) is 14.4 Å². The molecule has 40 heavy (non-hydrogen) atoms. The van der Waals surface area contributed by atoms with Crippen molar-refractivity contribution in [3.63, 3.8) is 0 Å². The lowest BCUT2D eigenvalue weighted by Crippen LogP contribution is -2.57. The fraction of sp³-hybridized carbons (Fsp3) is 0.387. The minimum atomic E-state index is -1.48. The number of hydrogen-bond donors (Lipinski definition) is 1. The Morgan fingerprint density at radius 3 is 2.52 bits per heavy atom. The van der Waals surface area contributed by atoms with Crippen molar-refractivity contribution in [2.75, 3.05) is 24.7 Å². The Morgan fingerprint density at radius 2 is 1.80 bits per heavy atom. The van der Waals surface area contributed by atoms with Gasteiger partial charge in [-0.25, -0.2) is 0 Å². The number of cyclic esters (lactones) is 1. The lowest BCUT2D eigenvalue weighted by Gasteiger charge is -2.40. The van der Waals surface area contributed by atoms with Crippen LogP contribution in [0.1, 0.15) is 30.5 Å². The number of rotatable bonds is 4. The molecular weight excluding hydrogens is 532 g/mol. The molecule has 2 aromatic rings. The number of aliphatic hydroxyl groups excluding tert-OH is 1. The van der Waals surface area contributed by atoms with Gasteiger partial charge in [-0.1, -0.05) is 78.4 Å². The maximum absolute atomic E-state index is 14.7. The van der Waals surface area contributed by atoms with Crippen molar-refractivity contribution in [1.29, 1.82) is 0 Å². The second kappa shape index (κ2) is 9.87. The predicted molar refractivity (Wildman–Crippen MR) is 149 cm³/mol. The fourth-order valence-corrected chi connectivity index (χ4v) is 7.28. The van der Waals surface area contributed by atoms with Crippen molar-refractivity contribution in [2.24, 2.45) is 11.8 Å². The molecule has 2 saturated heterocycles. The van der Waals surface area contributed by atoms with Gasteiger partial charge < -0.3 is 24.4 Å². The molecule has 2 aromatic carbocycles. The van der Waals surface area contributed by atoms with Gasteiger partial charge in [-0.15, -0.1) is 0 Å². The van der Waals surface area contributed by atoms with Crippen LogP contribution >= 0.6 is 11.6 Å². The average Bonchev–Trinajstić information content (AvgIpc) is 3.25. The highest BCUT2D eigenvalue weighted by Crippen LogP contribution is 2.58. The van der Waals surface area contributed by atoms with Gasteiger partial charge in [-0.05, 0) is 37.5 Å². The quantitative estimate of drug-likeness (QED) is 0.450. The molecule has 9 heteroatoms. The minimum absolute atomic E-state index is 0.191. The summed E-state index contributed by atoms with van der Waals surface area (Å²) in [5.74, 6) is -3.40. The Labute approximate surface area is 237 Å². The first-order chi connectivity index (χ1) is 19.2. The highest BCUT2D eigenvalue weighted by atomic mass is 35.5. The number of esters is 1. The number of aliphatic hydroxyl groups is 1. The standard InChI is InChI=1S/C31H31ClN2O6/c1-19-10-8-13-21(32)25(19)33-16-9-15-31-23(24-29(38)39-17-7-6-14-30(24,2)40-31)27(36)34(26(31)28(33)37)22(18-35)20-11-4-3-5-12-20/h3-6,8-15,22-24,26,35H,7,16-18H2,1-2H3/t22-,23+,24+,26?,30-,31+/m1/s1. The summed E-state index contributed by atoms with van der Waals surface area (Å²) < 4.78 is 12.4. The highest BCUT2D eigenvalue weighted by Gasteiger charge is 2.75. The van der Waals surface area contributed by atoms with Gasteiger partial charge in [0.25, 0.3) is 5.91 Å². The zero-order valence-corrected chi connectivity index (χ0v) is 23.1. The Bertz CT molecular complexity index is 1410. The minimum Gasteiger partial charge on any atom is -0.465 e. The smallest absolute Gasteiger partial charge is 0.313 e. The summed E-state index contributed by atoms with van der Waals surface area (Å²) in [7, 11) is 0. The summed E-state index contributed by atoms with van der Waals surface area (Å²) in [6, 6.07) is 12.5. The van der Waals surface area contributed by atoms with Crippen LogP contribution in [0.25, 0.3) is 0 Å². The van der Waals surface area contributed by atoms with Gasteiger partial charge in [0.05, 0.1) is 41.5 Å². The molecule has 0 bridgehead atoms. The number of hydrogen-bond acceptors (Lipinski definition) is 6. The van der Waals surface area contributed by atoms with Crippen LogP contribution in [0.3, 0.4) is 0 Å². The maximum atomic E-state index is 14.7. The predicted octanol–water partition coefficient (Wildman–Crippen LogP) is 3.76. The number of carbonyl (C=O) groups is 3. The van der Waals surface area contributed by atoms with Gasteiger partial charge >= 0.3 is 5.97 Å². The Kier molecular flexibility index (Phi) is 6.60. The van der Waals surface area contributed by atoms with Gasteiger partial charge in [0, 0.05) is 6.54 Å². The van der Waals surface area contributed by atoms with Crippen molar-refractivity contribution in [2.45, 2.75) is 43.6 Å². The molecular formula is C31H31ClN2O6. The van der Waals surface area contributed by atoms with E-state index in [2.05, 4.69) is 0 Å². The van der Waals surface area contributed by atoms with E-state index in [1.54, 1.807) is 42.2 Å². The van der Waals surface area contributed by atoms with Crippen LogP contribution in [-0.2, 0) is 23.9 Å². The van der Waals surface area contributed by atoms with Crippen molar-refractivity contribution in [3.8, 4) is 0 Å². The molecule has 2 fully saturated rings. The molecule has 0 saturated carbocycles. The Balaban J connectivity index is 1.56. The number of aryl methyl sites for hydroxylation is 1. The van der Waals surface area contributed by atoms with E-state index in [0.717, 1.165) is 5.56 Å². The fourth-order valence-electron chi connectivity index (χ4n) is 6.96. The number of para-hydroxylation sites is 1. The molecule has 4 heterocycles. The molecule has 1 N–H and O–H groups in total. The van der Waals surface area contributed by atoms with E-state index in [1.807, 2.05) is 49.4 Å². The zero-order chi connectivity index (χ0) is 28.2. The molecule has 0 aromatic heterocycles. The summed E-state index contributed by atoms with van der Waals surface area (Å²) in [6.45, 7) is 3.60. The van der Waals surface area contributed by atoms with E-state index in [9.17, 15) is 19.5 Å². The summed E-state index contributed by atoms with van der Waals surface area (Å²) >= 11 is 6.62. The third kappa shape index (κ3) is 3.84. The van der Waals surface area contributed by atoms with Crippen molar-refractivity contribution in [1.82, 2.24) is 4.90 Å². The summed E-state index contributed by atoms with van der Waals surface area (Å²) in [5.41, 5.74) is -0.650. The van der Waals surface area contributed by atoms with Crippen LogP contribution in [0, 0.1) is 18.8 Å². The molecule has 0 aliphatic carbocycles. The number of nitrogens with zero attached hydrogens (tertiary/aromatic N) is 2. The summed E-state index contributed by atoms with van der Waals surface area (Å²) in [6.07, 6.45) is 7.79. The number of likely N-dealkylation sites (tertiary alicyclic amines) is 1. The maximum Gasteiger partial charge on any atom is 0.313 e. The molecule has 6 rings (SSSR count). The second-order valence-corrected chi connectivity index (χ2v) is 11.4. The first-order valence-electron chi connectivity index (χ1n) is 13.5. The number of anilines is 1. The number of benzene rings is 2. The monoisotopic (exact) mass is 562 g/mol. The van der Waals surface area contributed by atoms with E-state index in [0.29, 0.717) is 22.7 Å². The van der Waals surface area contributed by atoms with Crippen LogP contribution in [-0.4, -0.2) is 64.8 Å². The third-order valence-electron chi connectivity index (χ3n) is 8.61. The zero-order valence-electron chi connectivity index (χ0n) is 22.3. The first-order valence-corrected chi connectivity index (χ1v) is 13.9. The molecule has 2 amide bonds. The second-order valence-electron chi connectivity index (χ2n) is 11.0. The van der Waals surface area contributed by atoms with Crippen LogP contribution in [0.4, 0.5) is 5.69 Å². The molecule has 208 valence electrons. The van der Waals surface area contributed by atoms with Gasteiger partial charge in [0.2, 0.25) is 5.91 Å². The SMILES string of the molecule is Cc1cccc(Cl)c1N1CC=C[C@]23O[C@]4(C)C=CCCOC(=O)[C@@H]4[C@H]2C(=O)N([C@H](CO)c2ccccc2)C3C1=O. The molecule has 0 radical (unpaired) electrons. The summed E-state index contributed by atoms with van der Waals surface area (Å²) in [4.78, 5) is 45.8. The molecule has 6 atom stereocenters. The molecule has 1 unspecified atom stereocenters. The summed E-state index contributed by atoms with van der Waals surface area (Å²) in [5, 5.41) is 11.1. The molecule has 4 aliphatic rings. The van der Waals surface area contributed by atoms with Crippen LogP contribution in [0.2, 0.25) is 5.02 Å². The van der Waals surface area contributed by atoms with E-state index >= 15 is 0 Å².